The van der Waals surface area contributed by atoms with Crippen LogP contribution < -0.4 is 4.74 Å². The van der Waals surface area contributed by atoms with Crippen molar-refractivity contribution >= 4 is 22.9 Å². The van der Waals surface area contributed by atoms with Crippen molar-refractivity contribution in [1.82, 2.24) is 9.19 Å². The number of ether oxygens (including phenoxy) is 1. The van der Waals surface area contributed by atoms with E-state index in [2.05, 4.69) is 9.84 Å². The minimum Gasteiger partial charge on any atom is -0.405 e. The number of alkyl halides is 6. The molecule has 0 spiro atoms. The normalized spacial score (nSPS) is 12.9. The molecular weight excluding hydrogens is 298 g/mol. The van der Waals surface area contributed by atoms with Gasteiger partial charge in [0.05, 0.1) is 29.0 Å². The van der Waals surface area contributed by atoms with E-state index in [-0.39, 0.29) is 10.9 Å². The summed E-state index contributed by atoms with van der Waals surface area (Å²) in [5.74, 6) is -0.598. The van der Waals surface area contributed by atoms with Crippen LogP contribution in [0.4, 0.5) is 26.3 Å². The molecule has 0 unspecified atom stereocenters. The minimum absolute atomic E-state index is 0.121. The summed E-state index contributed by atoms with van der Waals surface area (Å²) in [5.41, 5.74) is -4.72. The summed E-state index contributed by atoms with van der Waals surface area (Å²) in [6.07, 6.45) is -4.04. The van der Waals surface area contributed by atoms with E-state index in [4.69, 9.17) is 0 Å². The third kappa shape index (κ3) is 3.46. The summed E-state index contributed by atoms with van der Waals surface area (Å²) in [6, 6.07) is 3.36. The molecule has 10 heteroatoms. The fraction of sp³-hybridized carbons (Fsp3) is 0.222. The van der Waals surface area contributed by atoms with Crippen LogP contribution in [0.3, 0.4) is 0 Å². The van der Waals surface area contributed by atoms with Gasteiger partial charge in [0.2, 0.25) is 0 Å². The lowest BCUT2D eigenvalue weighted by Gasteiger charge is -2.10. The molecule has 0 N–H and O–H groups in total. The summed E-state index contributed by atoms with van der Waals surface area (Å²) >= 11 is -0.568. The van der Waals surface area contributed by atoms with Crippen LogP contribution in [0.25, 0.3) is 10.9 Å². The monoisotopic (exact) mass is 302 g/mol. The van der Waals surface area contributed by atoms with E-state index < -0.39 is 29.6 Å². The Labute approximate surface area is 106 Å². The molecule has 3 nitrogen and oxygen atoms in total. The predicted molar refractivity (Wildman–Crippen MR) is 55.5 cm³/mol. The zero-order chi connectivity index (χ0) is 14.3. The van der Waals surface area contributed by atoms with Gasteiger partial charge in [-0.3, -0.25) is 0 Å². The van der Waals surface area contributed by atoms with E-state index in [0.29, 0.717) is 4.09 Å². The Bertz CT molecular complexity index is 590. The molecule has 0 aliphatic rings. The Morgan fingerprint density at radius 2 is 1.79 bits per heavy atom. The van der Waals surface area contributed by atoms with Crippen molar-refractivity contribution in [3.63, 3.8) is 0 Å². The topological polar surface area (TPSA) is 27.1 Å². The van der Waals surface area contributed by atoms with Gasteiger partial charge in [0.1, 0.15) is 5.75 Å². The van der Waals surface area contributed by atoms with Gasteiger partial charge in [0.25, 0.3) is 0 Å². The molecule has 1 heterocycles. The Kier molecular flexibility index (Phi) is 3.29. The van der Waals surface area contributed by atoms with E-state index in [1.54, 1.807) is 0 Å². The van der Waals surface area contributed by atoms with Gasteiger partial charge in [-0.25, -0.2) is 0 Å². The zero-order valence-electron chi connectivity index (χ0n) is 8.79. The Balaban J connectivity index is 2.43. The fourth-order valence-electron chi connectivity index (χ4n) is 1.39. The van der Waals surface area contributed by atoms with Crippen molar-refractivity contribution in [2.75, 3.05) is 0 Å². The van der Waals surface area contributed by atoms with Crippen LogP contribution in [0, 0.1) is 0 Å². The van der Waals surface area contributed by atoms with Gasteiger partial charge < -0.3 is 4.74 Å². The van der Waals surface area contributed by atoms with E-state index in [0.717, 1.165) is 18.3 Å². The number of halogens is 6. The number of hydrogen-bond acceptors (Lipinski definition) is 3. The van der Waals surface area contributed by atoms with Crippen LogP contribution in [-0.2, 0) is 0 Å². The van der Waals surface area contributed by atoms with Crippen LogP contribution in [0.5, 0.6) is 5.75 Å². The van der Waals surface area contributed by atoms with Crippen molar-refractivity contribution in [2.24, 2.45) is 0 Å². The second kappa shape index (κ2) is 4.51. The summed E-state index contributed by atoms with van der Waals surface area (Å²) in [7, 11) is 0. The maximum absolute atomic E-state index is 12.2. The highest BCUT2D eigenvalue weighted by Crippen LogP contribution is 2.36. The maximum atomic E-state index is 12.2. The SMILES string of the molecule is FC(F)(F)Oc1cccc2c1cnn2SC(F)(F)F. The molecule has 0 aliphatic heterocycles. The van der Waals surface area contributed by atoms with Gasteiger partial charge in [-0.05, 0) is 12.1 Å². The van der Waals surface area contributed by atoms with E-state index in [1.165, 1.54) is 6.07 Å². The lowest BCUT2D eigenvalue weighted by atomic mass is 10.2. The fourth-order valence-corrected chi connectivity index (χ4v) is 1.93. The standard InChI is InChI=1S/C9H4F6N2OS/c10-8(11,12)18-7-3-1-2-6-5(7)4-16-17(6)19-9(13,14)15/h1-4H. The number of benzene rings is 1. The van der Waals surface area contributed by atoms with Gasteiger partial charge in [-0.2, -0.15) is 22.4 Å². The summed E-state index contributed by atoms with van der Waals surface area (Å²) in [6.45, 7) is 0. The largest absolute Gasteiger partial charge is 0.573 e. The highest BCUT2D eigenvalue weighted by Gasteiger charge is 2.34. The second-order valence-electron chi connectivity index (χ2n) is 3.29. The first kappa shape index (κ1) is 13.8. The van der Waals surface area contributed by atoms with Gasteiger partial charge >= 0.3 is 11.9 Å². The van der Waals surface area contributed by atoms with Crippen molar-refractivity contribution in [1.29, 1.82) is 0 Å². The minimum atomic E-state index is -4.92. The number of rotatable bonds is 2. The third-order valence-electron chi connectivity index (χ3n) is 1.96. The zero-order valence-corrected chi connectivity index (χ0v) is 9.60. The van der Waals surface area contributed by atoms with Gasteiger partial charge in [0.15, 0.2) is 0 Å². The average Bonchev–Trinajstić information content (AvgIpc) is 2.58. The van der Waals surface area contributed by atoms with Crippen molar-refractivity contribution in [2.45, 2.75) is 11.9 Å². The highest BCUT2D eigenvalue weighted by molar-refractivity contribution is 7.98. The first-order valence-electron chi connectivity index (χ1n) is 4.64. The Hall–Kier alpha value is -1.58. The van der Waals surface area contributed by atoms with E-state index in [9.17, 15) is 26.3 Å². The molecule has 1 aromatic heterocycles. The van der Waals surface area contributed by atoms with Gasteiger partial charge in [0, 0.05) is 0 Å². The molecule has 0 fully saturated rings. The predicted octanol–water partition coefficient (Wildman–Crippen LogP) is 3.95. The summed E-state index contributed by atoms with van der Waals surface area (Å²) < 4.78 is 77.2. The number of fused-ring (bicyclic) bond motifs is 1. The van der Waals surface area contributed by atoms with Gasteiger partial charge in [-0.1, -0.05) is 6.07 Å². The molecule has 0 saturated heterocycles. The summed E-state index contributed by atoms with van der Waals surface area (Å²) in [5, 5.41) is 3.23. The first-order valence-corrected chi connectivity index (χ1v) is 5.42. The quantitative estimate of drug-likeness (QED) is 0.786. The molecule has 104 valence electrons. The molecule has 0 bridgehead atoms. The highest BCUT2D eigenvalue weighted by atomic mass is 32.2. The molecule has 0 radical (unpaired) electrons. The van der Waals surface area contributed by atoms with Gasteiger partial charge in [-0.15, -0.1) is 13.2 Å². The van der Waals surface area contributed by atoms with Crippen molar-refractivity contribution in [3.8, 4) is 5.75 Å². The summed E-state index contributed by atoms with van der Waals surface area (Å²) in [4.78, 5) is 0. The van der Waals surface area contributed by atoms with Crippen LogP contribution in [0.2, 0.25) is 0 Å². The average molecular weight is 302 g/mol. The molecule has 2 rings (SSSR count). The van der Waals surface area contributed by atoms with Crippen molar-refractivity contribution in [3.05, 3.63) is 24.4 Å². The van der Waals surface area contributed by atoms with Crippen molar-refractivity contribution < 1.29 is 31.1 Å². The molecular formula is C9H4F6N2OS. The molecule has 0 saturated carbocycles. The number of aromatic nitrogens is 2. The molecule has 19 heavy (non-hydrogen) atoms. The van der Waals surface area contributed by atoms with Crippen LogP contribution in [0.1, 0.15) is 0 Å². The smallest absolute Gasteiger partial charge is 0.405 e. The molecule has 0 amide bonds. The lowest BCUT2D eigenvalue weighted by Crippen LogP contribution is -2.17. The Morgan fingerprint density at radius 1 is 1.11 bits per heavy atom. The van der Waals surface area contributed by atoms with E-state index in [1.807, 2.05) is 0 Å². The van der Waals surface area contributed by atoms with E-state index >= 15 is 0 Å². The molecule has 1 aromatic carbocycles. The third-order valence-corrected chi connectivity index (χ3v) is 2.63. The Morgan fingerprint density at radius 3 is 2.37 bits per heavy atom. The lowest BCUT2D eigenvalue weighted by molar-refractivity contribution is -0.274. The number of hydrogen-bond donors (Lipinski definition) is 0. The molecule has 2 aromatic rings. The van der Waals surface area contributed by atoms with Crippen LogP contribution in [-0.4, -0.2) is 21.1 Å². The second-order valence-corrected chi connectivity index (χ2v) is 4.28. The molecule has 0 atom stereocenters. The first-order chi connectivity index (χ1) is 8.66. The molecule has 0 aliphatic carbocycles. The van der Waals surface area contributed by atoms with Crippen LogP contribution in [0.15, 0.2) is 24.4 Å². The maximum Gasteiger partial charge on any atom is 0.573 e. The number of nitrogens with zero attached hydrogens (tertiary/aromatic N) is 2. The van der Waals surface area contributed by atoms with Crippen LogP contribution >= 0.6 is 11.9 Å².